The Labute approximate surface area is 161 Å². The van der Waals surface area contributed by atoms with Crippen molar-refractivity contribution in [3.8, 4) is 11.3 Å². The highest BCUT2D eigenvalue weighted by molar-refractivity contribution is 5.92. The van der Waals surface area contributed by atoms with Crippen LogP contribution in [-0.4, -0.2) is 42.0 Å². The Balaban J connectivity index is 1.45. The second kappa shape index (κ2) is 6.39. The average Bonchev–Trinajstić information content (AvgIpc) is 3.36. The molecule has 1 saturated carbocycles. The minimum atomic E-state index is -2.79. The Kier molecular flexibility index (Phi) is 3.93. The van der Waals surface area contributed by atoms with Gasteiger partial charge in [0.15, 0.2) is 5.65 Å². The predicted octanol–water partition coefficient (Wildman–Crippen LogP) is 4.06. The van der Waals surface area contributed by atoms with E-state index in [0.29, 0.717) is 40.8 Å². The summed E-state index contributed by atoms with van der Waals surface area (Å²) < 4.78 is 55.0. The molecule has 0 amide bonds. The quantitative estimate of drug-likeness (QED) is 0.473. The molecule has 4 aromatic rings. The molecule has 4 aromatic heterocycles. The highest BCUT2D eigenvalue weighted by atomic mass is 19.3. The van der Waals surface area contributed by atoms with E-state index in [0.717, 1.165) is 10.7 Å². The van der Waals surface area contributed by atoms with Crippen LogP contribution in [0, 0.1) is 5.92 Å². The van der Waals surface area contributed by atoms with Crippen molar-refractivity contribution in [2.45, 2.75) is 25.2 Å². The summed E-state index contributed by atoms with van der Waals surface area (Å²) in [6.45, 7) is -0.522. The van der Waals surface area contributed by atoms with Crippen molar-refractivity contribution in [2.24, 2.45) is 5.92 Å². The maximum absolute atomic E-state index is 13.8. The first kappa shape index (κ1) is 17.8. The molecule has 7 nitrogen and oxygen atoms in total. The molecule has 1 fully saturated rings. The molecule has 0 atom stereocenters. The zero-order valence-electron chi connectivity index (χ0n) is 14.9. The topological polar surface area (TPSA) is 83.8 Å². The lowest BCUT2D eigenvalue weighted by Gasteiger charge is -2.15. The summed E-state index contributed by atoms with van der Waals surface area (Å²) in [6.07, 6.45) is 2.56. The summed E-state index contributed by atoms with van der Waals surface area (Å²) in [5.41, 5.74) is 1.46. The van der Waals surface area contributed by atoms with Crippen molar-refractivity contribution in [1.29, 1.82) is 0 Å². The van der Waals surface area contributed by atoms with Gasteiger partial charge in [-0.1, -0.05) is 0 Å². The fourth-order valence-electron chi connectivity index (χ4n) is 3.23. The van der Waals surface area contributed by atoms with Crippen LogP contribution in [0.25, 0.3) is 27.9 Å². The molecule has 0 bridgehead atoms. The lowest BCUT2D eigenvalue weighted by Crippen LogP contribution is -2.29. The molecule has 11 heteroatoms. The first-order valence-corrected chi connectivity index (χ1v) is 9.01. The molecule has 1 aliphatic carbocycles. The first-order chi connectivity index (χ1) is 13.9. The third-order valence-electron chi connectivity index (χ3n) is 4.98. The van der Waals surface area contributed by atoms with E-state index in [1.165, 1.54) is 6.20 Å². The first-order valence-electron chi connectivity index (χ1n) is 9.01. The number of hydrogen-bond donors (Lipinski definition) is 2. The number of fused-ring (bicyclic) bond motifs is 2. The predicted molar refractivity (Wildman–Crippen MR) is 97.0 cm³/mol. The Morgan fingerprint density at radius 3 is 2.79 bits per heavy atom. The van der Waals surface area contributed by atoms with Gasteiger partial charge in [-0.3, -0.25) is 0 Å². The van der Waals surface area contributed by atoms with Gasteiger partial charge in [0.2, 0.25) is 5.95 Å². The molecule has 0 unspecified atom stereocenters. The minimum Gasteiger partial charge on any atom is -0.348 e. The maximum atomic E-state index is 13.8. The molecule has 2 N–H and O–H groups in total. The molecular weight excluding hydrogens is 390 g/mol. The van der Waals surface area contributed by atoms with Gasteiger partial charge in [0.05, 0.1) is 18.4 Å². The Bertz CT molecular complexity index is 1200. The molecule has 0 aromatic carbocycles. The van der Waals surface area contributed by atoms with Crippen LogP contribution in [0.5, 0.6) is 0 Å². The number of aromatic nitrogens is 6. The second-order valence-electron chi connectivity index (χ2n) is 7.02. The Morgan fingerprint density at radius 1 is 1.21 bits per heavy atom. The lowest BCUT2D eigenvalue weighted by molar-refractivity contribution is -0.00831. The number of hydrogen-bond acceptors (Lipinski definition) is 5. The van der Waals surface area contributed by atoms with Crippen LogP contribution < -0.4 is 5.32 Å². The zero-order valence-corrected chi connectivity index (χ0v) is 14.9. The fourth-order valence-corrected chi connectivity index (χ4v) is 3.23. The van der Waals surface area contributed by atoms with Crippen LogP contribution in [0.15, 0.2) is 30.7 Å². The number of H-pyrrole nitrogens is 1. The van der Waals surface area contributed by atoms with Crippen molar-refractivity contribution in [3.63, 3.8) is 0 Å². The molecule has 0 saturated heterocycles. The summed E-state index contributed by atoms with van der Waals surface area (Å²) in [4.78, 5) is 15.2. The number of aromatic amines is 1. The third kappa shape index (κ3) is 3.15. The van der Waals surface area contributed by atoms with Gasteiger partial charge in [0, 0.05) is 29.3 Å². The van der Waals surface area contributed by atoms with Crippen LogP contribution in [0.1, 0.15) is 25.0 Å². The SMILES string of the molecule is FC(F)c1cnc2ccc(-c3c[nH]c4nc(NCC(F)(F)C5CC5)ncc34)nn12. The third-order valence-corrected chi connectivity index (χ3v) is 4.98. The highest BCUT2D eigenvalue weighted by Crippen LogP contribution is 2.43. The molecule has 0 aliphatic heterocycles. The smallest absolute Gasteiger partial charge is 0.282 e. The van der Waals surface area contributed by atoms with E-state index < -0.39 is 24.8 Å². The molecule has 150 valence electrons. The van der Waals surface area contributed by atoms with Gasteiger partial charge >= 0.3 is 0 Å². The van der Waals surface area contributed by atoms with E-state index in [-0.39, 0.29) is 11.6 Å². The number of anilines is 1. The standard InChI is InChI=1S/C18H15F4N7/c19-15(20)13-7-23-14-4-3-12(28-29(13)14)10-5-24-16-11(10)6-25-17(27-16)26-8-18(21,22)9-1-2-9/h3-7,9,15H,1-2,8H2,(H2,24,25,26,27). The van der Waals surface area contributed by atoms with Crippen LogP contribution in [0.3, 0.4) is 0 Å². The Morgan fingerprint density at radius 2 is 2.03 bits per heavy atom. The van der Waals surface area contributed by atoms with Crippen molar-refractivity contribution in [2.75, 3.05) is 11.9 Å². The van der Waals surface area contributed by atoms with E-state index in [1.807, 2.05) is 0 Å². The molecule has 0 radical (unpaired) electrons. The summed E-state index contributed by atoms with van der Waals surface area (Å²) in [7, 11) is 0. The number of nitrogens with one attached hydrogen (secondary N) is 2. The lowest BCUT2D eigenvalue weighted by atomic mass is 10.2. The van der Waals surface area contributed by atoms with Gasteiger partial charge in [0.25, 0.3) is 12.3 Å². The molecule has 1 aliphatic rings. The fraction of sp³-hybridized carbons (Fsp3) is 0.333. The number of halogens is 4. The van der Waals surface area contributed by atoms with Gasteiger partial charge in [-0.25, -0.2) is 32.0 Å². The molecule has 4 heterocycles. The second-order valence-corrected chi connectivity index (χ2v) is 7.02. The number of rotatable bonds is 6. The molecule has 29 heavy (non-hydrogen) atoms. The molecule has 5 rings (SSSR count). The van der Waals surface area contributed by atoms with Crippen LogP contribution in [0.4, 0.5) is 23.5 Å². The highest BCUT2D eigenvalue weighted by Gasteiger charge is 2.46. The van der Waals surface area contributed by atoms with E-state index in [9.17, 15) is 17.6 Å². The van der Waals surface area contributed by atoms with E-state index in [4.69, 9.17) is 0 Å². The Hall–Kier alpha value is -3.24. The summed E-state index contributed by atoms with van der Waals surface area (Å²) in [5, 5.41) is 7.43. The van der Waals surface area contributed by atoms with Crippen molar-refractivity contribution >= 4 is 22.6 Å². The van der Waals surface area contributed by atoms with E-state index >= 15 is 0 Å². The maximum Gasteiger partial charge on any atom is 0.282 e. The summed E-state index contributed by atoms with van der Waals surface area (Å²) in [5.74, 6) is -3.27. The van der Waals surface area contributed by atoms with Crippen LogP contribution in [-0.2, 0) is 0 Å². The van der Waals surface area contributed by atoms with Gasteiger partial charge in [0.1, 0.15) is 11.3 Å². The summed E-state index contributed by atoms with van der Waals surface area (Å²) in [6, 6.07) is 3.24. The largest absolute Gasteiger partial charge is 0.348 e. The zero-order chi connectivity index (χ0) is 20.2. The van der Waals surface area contributed by atoms with Gasteiger partial charge in [-0.2, -0.15) is 10.1 Å². The molecular formula is C18H15F4N7. The molecule has 0 spiro atoms. The number of alkyl halides is 4. The number of nitrogens with zero attached hydrogens (tertiary/aromatic N) is 5. The summed E-state index contributed by atoms with van der Waals surface area (Å²) >= 11 is 0. The van der Waals surface area contributed by atoms with Crippen molar-refractivity contribution in [3.05, 3.63) is 36.4 Å². The van der Waals surface area contributed by atoms with E-state index in [2.05, 4.69) is 30.4 Å². The van der Waals surface area contributed by atoms with Gasteiger partial charge in [-0.05, 0) is 25.0 Å². The average molecular weight is 405 g/mol. The van der Waals surface area contributed by atoms with Gasteiger partial charge in [-0.15, -0.1) is 0 Å². The van der Waals surface area contributed by atoms with Crippen LogP contribution >= 0.6 is 0 Å². The monoisotopic (exact) mass is 405 g/mol. The van der Waals surface area contributed by atoms with E-state index in [1.54, 1.807) is 18.3 Å². The number of imidazole rings is 1. The van der Waals surface area contributed by atoms with Crippen molar-refractivity contribution < 1.29 is 17.6 Å². The van der Waals surface area contributed by atoms with Crippen LogP contribution in [0.2, 0.25) is 0 Å². The van der Waals surface area contributed by atoms with Crippen molar-refractivity contribution in [1.82, 2.24) is 29.5 Å². The normalized spacial score (nSPS) is 14.9. The minimum absolute atomic E-state index is 0.0873. The van der Waals surface area contributed by atoms with Gasteiger partial charge < -0.3 is 10.3 Å².